The van der Waals surface area contributed by atoms with Gasteiger partial charge in [-0.15, -0.1) is 0 Å². The SMILES string of the molecule is [2H]c1nc(C2([2H])C([2H])([2H])COCC2([2H])[2H])nc([2H])c1B1OC(C)(C)C(C)(C)O1. The Morgan fingerprint density at radius 2 is 1.71 bits per heavy atom. The number of rotatable bonds is 2. The van der Waals surface area contributed by atoms with Gasteiger partial charge in [-0.3, -0.25) is 0 Å². The minimum atomic E-state index is -2.54. The van der Waals surface area contributed by atoms with E-state index in [4.69, 9.17) is 23.6 Å². The first-order valence-electron chi connectivity index (χ1n) is 10.3. The van der Waals surface area contributed by atoms with Crippen LogP contribution in [0.15, 0.2) is 12.3 Å². The first-order valence-corrected chi connectivity index (χ1v) is 6.85. The summed E-state index contributed by atoms with van der Waals surface area (Å²) in [6.07, 6.45) is -5.84. The molecule has 2 fully saturated rings. The van der Waals surface area contributed by atoms with Gasteiger partial charge in [0.1, 0.15) is 5.82 Å². The van der Waals surface area contributed by atoms with E-state index in [0.29, 0.717) is 0 Å². The fraction of sp³-hybridized carbons (Fsp3) is 0.733. The molecule has 0 unspecified atom stereocenters. The lowest BCUT2D eigenvalue weighted by atomic mass is 9.81. The van der Waals surface area contributed by atoms with Crippen molar-refractivity contribution in [3.8, 4) is 0 Å². The Bertz CT molecular complexity index is 751. The van der Waals surface area contributed by atoms with Crippen molar-refractivity contribution >= 4 is 12.6 Å². The molecule has 3 heterocycles. The molecule has 2 aliphatic heterocycles. The van der Waals surface area contributed by atoms with Gasteiger partial charge in [0, 0.05) is 43.8 Å². The highest BCUT2D eigenvalue weighted by atomic mass is 16.7. The van der Waals surface area contributed by atoms with Gasteiger partial charge in [-0.1, -0.05) is 0 Å². The number of nitrogens with zero attached hydrogens (tertiary/aromatic N) is 2. The Kier molecular flexibility index (Phi) is 2.19. The maximum atomic E-state index is 8.58. The van der Waals surface area contributed by atoms with Gasteiger partial charge >= 0.3 is 7.12 Å². The second-order valence-electron chi connectivity index (χ2n) is 5.99. The minimum Gasteiger partial charge on any atom is -0.399 e. The summed E-state index contributed by atoms with van der Waals surface area (Å²) in [6.45, 7) is 6.25. The van der Waals surface area contributed by atoms with Crippen LogP contribution in [0.1, 0.15) is 61.8 Å². The molecule has 0 aromatic carbocycles. The van der Waals surface area contributed by atoms with E-state index in [1.54, 1.807) is 0 Å². The summed E-state index contributed by atoms with van der Waals surface area (Å²) in [6, 6.07) is 0. The van der Waals surface area contributed by atoms with Crippen LogP contribution in [0.2, 0.25) is 0 Å². The zero-order chi connectivity index (χ0) is 21.3. The first-order chi connectivity index (χ1) is 12.6. The molecule has 3 rings (SSSR count). The molecule has 0 saturated carbocycles. The summed E-state index contributed by atoms with van der Waals surface area (Å²) in [4.78, 5) is 7.83. The molecule has 114 valence electrons. The predicted molar refractivity (Wildman–Crippen MR) is 80.5 cm³/mol. The number of aromatic nitrogens is 2. The molecule has 0 spiro atoms. The Hall–Kier alpha value is -0.975. The lowest BCUT2D eigenvalue weighted by Gasteiger charge is -2.32. The van der Waals surface area contributed by atoms with E-state index in [0.717, 1.165) is 0 Å². The van der Waals surface area contributed by atoms with Crippen LogP contribution >= 0.6 is 0 Å². The Morgan fingerprint density at radius 1 is 1.19 bits per heavy atom. The summed E-state index contributed by atoms with van der Waals surface area (Å²) in [5.74, 6) is -3.11. The summed E-state index contributed by atoms with van der Waals surface area (Å²) in [5, 5.41) is 0. The van der Waals surface area contributed by atoms with E-state index < -0.39 is 68.3 Å². The highest BCUT2D eigenvalue weighted by Crippen LogP contribution is 2.36. The molecular weight excluding hydrogens is 267 g/mol. The third-order valence-corrected chi connectivity index (χ3v) is 3.98. The van der Waals surface area contributed by atoms with Crippen molar-refractivity contribution < 1.29 is 23.6 Å². The fourth-order valence-corrected chi connectivity index (χ4v) is 1.97. The quantitative estimate of drug-likeness (QED) is 0.777. The normalized spacial score (nSPS) is 36.4. The van der Waals surface area contributed by atoms with Gasteiger partial charge < -0.3 is 14.0 Å². The second kappa shape index (κ2) is 5.34. The fourth-order valence-electron chi connectivity index (χ4n) is 1.97. The van der Waals surface area contributed by atoms with Crippen molar-refractivity contribution in [3.63, 3.8) is 0 Å². The van der Waals surface area contributed by atoms with E-state index in [1.807, 2.05) is 27.7 Å². The van der Waals surface area contributed by atoms with Crippen LogP contribution in [-0.4, -0.2) is 41.5 Å². The van der Waals surface area contributed by atoms with E-state index in [9.17, 15) is 0 Å². The van der Waals surface area contributed by atoms with Crippen LogP contribution in [0.5, 0.6) is 0 Å². The molecule has 0 N–H and O–H groups in total. The average molecular weight is 297 g/mol. The Morgan fingerprint density at radius 3 is 2.24 bits per heavy atom. The monoisotopic (exact) mass is 297 g/mol. The van der Waals surface area contributed by atoms with Gasteiger partial charge in [0.2, 0.25) is 0 Å². The average Bonchev–Trinajstić information content (AvgIpc) is 2.71. The van der Waals surface area contributed by atoms with Gasteiger partial charge in [0.05, 0.1) is 13.9 Å². The van der Waals surface area contributed by atoms with E-state index in [1.165, 1.54) is 0 Å². The minimum absolute atomic E-state index is 0.0424. The molecule has 1 aromatic heterocycles. The van der Waals surface area contributed by atoms with Crippen LogP contribution in [0.3, 0.4) is 0 Å². The number of ether oxygens (including phenoxy) is 1. The van der Waals surface area contributed by atoms with Gasteiger partial charge in [0.15, 0.2) is 0 Å². The van der Waals surface area contributed by atoms with Gasteiger partial charge in [-0.25, -0.2) is 9.97 Å². The molecule has 5 nitrogen and oxygen atoms in total. The van der Waals surface area contributed by atoms with Crippen LogP contribution in [-0.2, 0) is 14.0 Å². The van der Waals surface area contributed by atoms with Crippen molar-refractivity contribution in [1.82, 2.24) is 9.97 Å². The molecule has 0 bridgehead atoms. The van der Waals surface area contributed by atoms with Crippen LogP contribution in [0.25, 0.3) is 0 Å². The lowest BCUT2D eigenvalue weighted by Crippen LogP contribution is -2.41. The molecule has 2 aliphatic rings. The largest absolute Gasteiger partial charge is 0.498 e. The standard InChI is InChI=1S/C15H23BN2O3/c1-14(2)15(3,4)21-16(20-14)12-9-17-13(18-10-12)11-5-7-19-8-6-11/h9-11H,5-8H2,1-4H3/i5D2,6D2,9D,10D,11D. The van der Waals surface area contributed by atoms with Crippen LogP contribution in [0, 0.1) is 0 Å². The van der Waals surface area contributed by atoms with E-state index in [2.05, 4.69) is 9.97 Å². The highest BCUT2D eigenvalue weighted by molar-refractivity contribution is 6.61. The van der Waals surface area contributed by atoms with Crippen molar-refractivity contribution in [2.75, 3.05) is 13.2 Å². The highest BCUT2D eigenvalue weighted by Gasteiger charge is 2.51. The molecule has 0 amide bonds. The molecule has 6 heteroatoms. The lowest BCUT2D eigenvalue weighted by molar-refractivity contribution is 0.00578. The maximum Gasteiger partial charge on any atom is 0.498 e. The molecule has 21 heavy (non-hydrogen) atoms. The van der Waals surface area contributed by atoms with Crippen molar-refractivity contribution in [3.05, 3.63) is 18.2 Å². The third-order valence-electron chi connectivity index (χ3n) is 3.98. The second-order valence-corrected chi connectivity index (χ2v) is 5.99. The molecule has 0 atom stereocenters. The van der Waals surface area contributed by atoms with Gasteiger partial charge in [0.25, 0.3) is 0 Å². The first kappa shape index (κ1) is 8.60. The Balaban J connectivity index is 2.08. The van der Waals surface area contributed by atoms with Crippen molar-refractivity contribution in [1.29, 1.82) is 0 Å². The van der Waals surface area contributed by atoms with Crippen molar-refractivity contribution in [2.45, 2.75) is 57.5 Å². The molecule has 2 saturated heterocycles. The predicted octanol–water partition coefficient (Wildman–Crippen LogP) is 1.67. The molecule has 0 radical (unpaired) electrons. The summed E-state index contributed by atoms with van der Waals surface area (Å²) in [7, 11) is -1.07. The summed E-state index contributed by atoms with van der Waals surface area (Å²) in [5.41, 5.74) is -1.46. The van der Waals surface area contributed by atoms with E-state index in [-0.39, 0.29) is 5.46 Å². The van der Waals surface area contributed by atoms with Gasteiger partial charge in [-0.2, -0.15) is 0 Å². The maximum absolute atomic E-state index is 8.58. The molecular formula is C15H23BN2O3. The smallest absolute Gasteiger partial charge is 0.399 e. The third kappa shape index (κ3) is 2.85. The van der Waals surface area contributed by atoms with Crippen LogP contribution < -0.4 is 5.46 Å². The number of hydrogen-bond donors (Lipinski definition) is 0. The molecule has 0 aliphatic carbocycles. The zero-order valence-corrected chi connectivity index (χ0v) is 12.6. The zero-order valence-electron chi connectivity index (χ0n) is 19.6. The summed E-state index contributed by atoms with van der Waals surface area (Å²) >= 11 is 0. The van der Waals surface area contributed by atoms with Gasteiger partial charge in [-0.05, 0) is 40.4 Å². The molecule has 1 aromatic rings. The van der Waals surface area contributed by atoms with Crippen molar-refractivity contribution in [2.24, 2.45) is 0 Å². The van der Waals surface area contributed by atoms with Crippen LogP contribution in [0.4, 0.5) is 0 Å². The topological polar surface area (TPSA) is 53.5 Å². The number of hydrogen-bond acceptors (Lipinski definition) is 5. The Labute approximate surface area is 136 Å². The summed E-state index contributed by atoms with van der Waals surface area (Å²) < 4.78 is 74.1. The van der Waals surface area contributed by atoms with E-state index >= 15 is 0 Å².